The average Bonchev–Trinajstić information content (AvgIpc) is 2.63. The Balaban J connectivity index is 1.93. The van der Waals surface area contributed by atoms with Gasteiger partial charge in [-0.25, -0.2) is 0 Å². The zero-order chi connectivity index (χ0) is 20.6. The van der Waals surface area contributed by atoms with Crippen molar-refractivity contribution in [2.75, 3.05) is 18.4 Å². The van der Waals surface area contributed by atoms with Crippen LogP contribution < -0.4 is 10.1 Å². The standard InChI is InChI=1S/C20H20F3N3O2/c1-2-11-26(13-16-5-3-15(12-24)4-6-16)14-19(27)25-17-7-9-18(10-8-17)28-20(21,22)23/h3-10H,2,11,13-14H2,1H3,(H,25,27). The minimum absolute atomic E-state index is 0.134. The highest BCUT2D eigenvalue weighted by molar-refractivity contribution is 5.92. The fourth-order valence-corrected chi connectivity index (χ4v) is 2.62. The second-order valence-electron chi connectivity index (χ2n) is 6.14. The highest BCUT2D eigenvalue weighted by Crippen LogP contribution is 2.24. The number of hydrogen-bond donors (Lipinski definition) is 1. The topological polar surface area (TPSA) is 65.4 Å². The first kappa shape index (κ1) is 21.3. The fraction of sp³-hybridized carbons (Fsp3) is 0.300. The molecule has 0 aliphatic rings. The van der Waals surface area contributed by atoms with E-state index in [1.807, 2.05) is 24.0 Å². The molecule has 0 radical (unpaired) electrons. The number of rotatable bonds is 8. The Morgan fingerprint density at radius 2 is 1.79 bits per heavy atom. The van der Waals surface area contributed by atoms with E-state index in [-0.39, 0.29) is 18.2 Å². The summed E-state index contributed by atoms with van der Waals surface area (Å²) in [6.45, 7) is 3.38. The molecule has 0 saturated heterocycles. The van der Waals surface area contributed by atoms with Crippen LogP contribution >= 0.6 is 0 Å². The zero-order valence-electron chi connectivity index (χ0n) is 15.3. The lowest BCUT2D eigenvalue weighted by molar-refractivity contribution is -0.274. The van der Waals surface area contributed by atoms with Crippen LogP contribution in [0.2, 0.25) is 0 Å². The maximum Gasteiger partial charge on any atom is 0.573 e. The zero-order valence-corrected chi connectivity index (χ0v) is 15.3. The number of anilines is 1. The van der Waals surface area contributed by atoms with Crippen molar-refractivity contribution in [3.05, 3.63) is 59.7 Å². The lowest BCUT2D eigenvalue weighted by Gasteiger charge is -2.21. The first-order valence-electron chi connectivity index (χ1n) is 8.66. The molecule has 0 spiro atoms. The van der Waals surface area contributed by atoms with E-state index in [1.165, 1.54) is 12.1 Å². The van der Waals surface area contributed by atoms with Crippen LogP contribution in [-0.2, 0) is 11.3 Å². The van der Waals surface area contributed by atoms with Gasteiger partial charge < -0.3 is 10.1 Å². The molecule has 0 heterocycles. The van der Waals surface area contributed by atoms with E-state index in [9.17, 15) is 18.0 Å². The molecule has 0 unspecified atom stereocenters. The summed E-state index contributed by atoms with van der Waals surface area (Å²) >= 11 is 0. The summed E-state index contributed by atoms with van der Waals surface area (Å²) in [5.74, 6) is -0.620. The van der Waals surface area contributed by atoms with Crippen molar-refractivity contribution in [2.24, 2.45) is 0 Å². The number of alkyl halides is 3. The summed E-state index contributed by atoms with van der Waals surface area (Å²) in [5.41, 5.74) is 1.93. The van der Waals surface area contributed by atoms with Crippen LogP contribution in [0.3, 0.4) is 0 Å². The number of hydrogen-bond acceptors (Lipinski definition) is 4. The average molecular weight is 391 g/mol. The maximum absolute atomic E-state index is 12.3. The van der Waals surface area contributed by atoms with E-state index in [2.05, 4.69) is 16.1 Å². The van der Waals surface area contributed by atoms with Crippen molar-refractivity contribution < 1.29 is 22.7 Å². The molecule has 148 valence electrons. The summed E-state index contributed by atoms with van der Waals surface area (Å²) in [6, 6.07) is 14.2. The molecule has 0 aromatic heterocycles. The van der Waals surface area contributed by atoms with Gasteiger partial charge in [0.05, 0.1) is 18.2 Å². The number of nitriles is 1. The number of carbonyl (C=O) groups excluding carboxylic acids is 1. The molecule has 2 aromatic carbocycles. The van der Waals surface area contributed by atoms with E-state index in [4.69, 9.17) is 5.26 Å². The normalized spacial score (nSPS) is 11.1. The van der Waals surface area contributed by atoms with Gasteiger partial charge in [-0.15, -0.1) is 13.2 Å². The van der Waals surface area contributed by atoms with Crippen molar-refractivity contribution in [1.82, 2.24) is 4.90 Å². The Kier molecular flexibility index (Phi) is 7.41. The molecule has 1 amide bonds. The lowest BCUT2D eigenvalue weighted by Crippen LogP contribution is -2.33. The summed E-state index contributed by atoms with van der Waals surface area (Å²) in [6.07, 6.45) is -3.90. The second-order valence-corrected chi connectivity index (χ2v) is 6.14. The molecule has 0 aliphatic heterocycles. The Hall–Kier alpha value is -3.05. The van der Waals surface area contributed by atoms with Gasteiger partial charge >= 0.3 is 6.36 Å². The predicted molar refractivity (Wildman–Crippen MR) is 98.5 cm³/mol. The molecule has 1 N–H and O–H groups in total. The molecule has 0 bridgehead atoms. The molecular weight excluding hydrogens is 371 g/mol. The Bertz CT molecular complexity index is 813. The smallest absolute Gasteiger partial charge is 0.406 e. The quantitative estimate of drug-likeness (QED) is 0.728. The fourth-order valence-electron chi connectivity index (χ4n) is 2.62. The number of amides is 1. The maximum atomic E-state index is 12.3. The van der Waals surface area contributed by atoms with Crippen molar-refractivity contribution in [3.63, 3.8) is 0 Å². The van der Waals surface area contributed by atoms with Crippen molar-refractivity contribution >= 4 is 11.6 Å². The molecule has 28 heavy (non-hydrogen) atoms. The van der Waals surface area contributed by atoms with Gasteiger partial charge in [0.15, 0.2) is 0 Å². The van der Waals surface area contributed by atoms with Crippen molar-refractivity contribution in [2.45, 2.75) is 26.3 Å². The number of nitrogens with zero attached hydrogens (tertiary/aromatic N) is 2. The number of benzene rings is 2. The minimum atomic E-state index is -4.75. The molecule has 0 saturated carbocycles. The van der Waals surface area contributed by atoms with E-state index in [1.54, 1.807) is 12.1 Å². The SMILES string of the molecule is CCCN(CC(=O)Nc1ccc(OC(F)(F)F)cc1)Cc1ccc(C#N)cc1. The van der Waals surface area contributed by atoms with Gasteiger partial charge in [-0.2, -0.15) is 5.26 Å². The Morgan fingerprint density at radius 3 is 2.32 bits per heavy atom. The van der Waals surface area contributed by atoms with E-state index < -0.39 is 6.36 Å². The first-order chi connectivity index (χ1) is 13.3. The van der Waals surface area contributed by atoms with E-state index >= 15 is 0 Å². The molecule has 0 aliphatic carbocycles. The van der Waals surface area contributed by atoms with Crippen LogP contribution in [-0.4, -0.2) is 30.3 Å². The van der Waals surface area contributed by atoms with Crippen LogP contribution in [0.5, 0.6) is 5.75 Å². The van der Waals surface area contributed by atoms with E-state index in [0.29, 0.717) is 24.3 Å². The largest absolute Gasteiger partial charge is 0.573 e. The third kappa shape index (κ3) is 7.29. The number of halogens is 3. The molecule has 0 atom stereocenters. The Morgan fingerprint density at radius 1 is 1.14 bits per heavy atom. The first-order valence-corrected chi connectivity index (χ1v) is 8.66. The third-order valence-corrected chi connectivity index (χ3v) is 3.77. The van der Waals surface area contributed by atoms with Gasteiger partial charge in [0, 0.05) is 12.2 Å². The van der Waals surface area contributed by atoms with Crippen LogP contribution in [0, 0.1) is 11.3 Å². The van der Waals surface area contributed by atoms with Crippen molar-refractivity contribution in [3.8, 4) is 11.8 Å². The molecule has 5 nitrogen and oxygen atoms in total. The number of ether oxygens (including phenoxy) is 1. The Labute approximate surface area is 161 Å². The lowest BCUT2D eigenvalue weighted by atomic mass is 10.1. The van der Waals surface area contributed by atoms with Crippen molar-refractivity contribution in [1.29, 1.82) is 5.26 Å². The highest BCUT2D eigenvalue weighted by Gasteiger charge is 2.30. The number of carbonyl (C=O) groups is 1. The van der Waals surface area contributed by atoms with Gasteiger partial charge in [-0.1, -0.05) is 19.1 Å². The molecule has 8 heteroatoms. The van der Waals surface area contributed by atoms with Crippen LogP contribution in [0.1, 0.15) is 24.5 Å². The summed E-state index contributed by atoms with van der Waals surface area (Å²) < 4.78 is 40.3. The summed E-state index contributed by atoms with van der Waals surface area (Å²) in [7, 11) is 0. The number of nitrogens with one attached hydrogen (secondary N) is 1. The van der Waals surface area contributed by atoms with Gasteiger partial charge in [0.2, 0.25) is 5.91 Å². The second kappa shape index (κ2) is 9.76. The minimum Gasteiger partial charge on any atom is -0.406 e. The van der Waals surface area contributed by atoms with Crippen LogP contribution in [0.25, 0.3) is 0 Å². The van der Waals surface area contributed by atoms with Gasteiger partial charge in [-0.3, -0.25) is 9.69 Å². The molecule has 2 rings (SSSR count). The van der Waals surface area contributed by atoms with Gasteiger partial charge in [-0.05, 0) is 54.9 Å². The predicted octanol–water partition coefficient (Wildman–Crippen LogP) is 4.31. The third-order valence-electron chi connectivity index (χ3n) is 3.77. The monoisotopic (exact) mass is 391 g/mol. The van der Waals surface area contributed by atoms with Gasteiger partial charge in [0.1, 0.15) is 5.75 Å². The van der Waals surface area contributed by atoms with Crippen LogP contribution in [0.4, 0.5) is 18.9 Å². The molecular formula is C20H20F3N3O2. The molecule has 2 aromatic rings. The van der Waals surface area contributed by atoms with E-state index in [0.717, 1.165) is 24.1 Å². The summed E-state index contributed by atoms with van der Waals surface area (Å²) in [5, 5.41) is 11.5. The van der Waals surface area contributed by atoms with Gasteiger partial charge in [0.25, 0.3) is 0 Å². The summed E-state index contributed by atoms with van der Waals surface area (Å²) in [4.78, 5) is 14.3. The molecule has 0 fully saturated rings. The van der Waals surface area contributed by atoms with Crippen LogP contribution in [0.15, 0.2) is 48.5 Å². The highest BCUT2D eigenvalue weighted by atomic mass is 19.4.